The Kier molecular flexibility index (Phi) is 5.81. The minimum absolute atomic E-state index is 0.590. The molecule has 0 spiro atoms. The summed E-state index contributed by atoms with van der Waals surface area (Å²) in [6.45, 7) is 7.06. The van der Waals surface area contributed by atoms with E-state index in [9.17, 15) is 0 Å². The molecule has 1 aromatic carbocycles. The topological polar surface area (TPSA) is 53.3 Å². The molecule has 1 aliphatic carbocycles. The van der Waals surface area contributed by atoms with Gasteiger partial charge in [0.05, 0.1) is 6.54 Å². The summed E-state index contributed by atoms with van der Waals surface area (Å²) in [6, 6.07) is 10.9. The van der Waals surface area contributed by atoms with Crippen LogP contribution in [0.3, 0.4) is 0 Å². The number of nitrogens with zero attached hydrogens (tertiary/aromatic N) is 1. The van der Waals surface area contributed by atoms with Crippen molar-refractivity contribution < 1.29 is 0 Å². The Morgan fingerprint density at radius 2 is 2.17 bits per heavy atom. The molecule has 1 heterocycles. The maximum Gasteiger partial charge on any atom is 0.0588 e. The molecule has 0 radical (unpaired) electrons. The van der Waals surface area contributed by atoms with Gasteiger partial charge in [-0.25, -0.2) is 0 Å². The molecular weight excluding hydrogens is 296 g/mol. The van der Waals surface area contributed by atoms with Gasteiger partial charge in [-0.3, -0.25) is 0 Å². The number of hydrogen-bond acceptors (Lipinski definition) is 4. The molecule has 4 heteroatoms. The Morgan fingerprint density at radius 3 is 2.92 bits per heavy atom. The normalized spacial score (nSPS) is 24.8. The number of likely N-dealkylation sites (N-methyl/N-ethyl adjacent to an activating group) is 1. The van der Waals surface area contributed by atoms with Crippen molar-refractivity contribution in [2.24, 2.45) is 11.7 Å². The molecule has 130 valence electrons. The third kappa shape index (κ3) is 3.93. The SMILES string of the molecule is CCN/C(=C\N)CN1CCNCC2CC(c3ccccc3)CC=C21. The summed E-state index contributed by atoms with van der Waals surface area (Å²) >= 11 is 0. The molecule has 3 rings (SSSR count). The van der Waals surface area contributed by atoms with Crippen LogP contribution in [-0.4, -0.2) is 37.6 Å². The van der Waals surface area contributed by atoms with Gasteiger partial charge in [-0.1, -0.05) is 36.4 Å². The largest absolute Gasteiger partial charge is 0.403 e. The minimum Gasteiger partial charge on any atom is -0.403 e. The van der Waals surface area contributed by atoms with E-state index in [0.29, 0.717) is 11.8 Å². The van der Waals surface area contributed by atoms with Gasteiger partial charge in [0.15, 0.2) is 0 Å². The van der Waals surface area contributed by atoms with E-state index in [4.69, 9.17) is 5.73 Å². The van der Waals surface area contributed by atoms with E-state index in [-0.39, 0.29) is 0 Å². The molecule has 4 N–H and O–H groups in total. The van der Waals surface area contributed by atoms with Crippen LogP contribution in [0.25, 0.3) is 0 Å². The maximum atomic E-state index is 5.79. The highest BCUT2D eigenvalue weighted by molar-refractivity contribution is 5.25. The van der Waals surface area contributed by atoms with E-state index in [2.05, 4.69) is 58.9 Å². The van der Waals surface area contributed by atoms with Crippen molar-refractivity contribution in [3.05, 3.63) is 59.6 Å². The van der Waals surface area contributed by atoms with Gasteiger partial charge in [0.2, 0.25) is 0 Å². The van der Waals surface area contributed by atoms with Gasteiger partial charge in [-0.2, -0.15) is 0 Å². The predicted octanol–water partition coefficient (Wildman–Crippen LogP) is 2.38. The molecule has 1 aromatic rings. The molecule has 4 nitrogen and oxygen atoms in total. The number of rotatable bonds is 5. The smallest absolute Gasteiger partial charge is 0.0588 e. The van der Waals surface area contributed by atoms with Crippen LogP contribution in [0.5, 0.6) is 0 Å². The molecule has 0 saturated carbocycles. The van der Waals surface area contributed by atoms with Gasteiger partial charge in [0.25, 0.3) is 0 Å². The monoisotopic (exact) mass is 326 g/mol. The van der Waals surface area contributed by atoms with E-state index in [0.717, 1.165) is 44.8 Å². The summed E-state index contributed by atoms with van der Waals surface area (Å²) in [5.41, 5.74) is 9.89. The second kappa shape index (κ2) is 8.25. The van der Waals surface area contributed by atoms with Gasteiger partial charge in [0.1, 0.15) is 0 Å². The quantitative estimate of drug-likeness (QED) is 0.778. The van der Waals surface area contributed by atoms with Gasteiger partial charge in [0, 0.05) is 49.7 Å². The number of fused-ring (bicyclic) bond motifs is 1. The van der Waals surface area contributed by atoms with Gasteiger partial charge >= 0.3 is 0 Å². The number of benzene rings is 1. The Labute approximate surface area is 145 Å². The molecule has 24 heavy (non-hydrogen) atoms. The van der Waals surface area contributed by atoms with Crippen molar-refractivity contribution in [2.45, 2.75) is 25.7 Å². The first-order valence-electron chi connectivity index (χ1n) is 9.17. The van der Waals surface area contributed by atoms with Gasteiger partial charge < -0.3 is 21.3 Å². The molecule has 2 atom stereocenters. The Morgan fingerprint density at radius 1 is 1.33 bits per heavy atom. The van der Waals surface area contributed by atoms with E-state index < -0.39 is 0 Å². The highest BCUT2D eigenvalue weighted by Crippen LogP contribution is 2.37. The summed E-state index contributed by atoms with van der Waals surface area (Å²) in [7, 11) is 0. The van der Waals surface area contributed by atoms with Crippen molar-refractivity contribution in [2.75, 3.05) is 32.7 Å². The van der Waals surface area contributed by atoms with Crippen LogP contribution < -0.4 is 16.4 Å². The molecule has 0 aromatic heterocycles. The van der Waals surface area contributed by atoms with Crippen LogP contribution in [0.1, 0.15) is 31.2 Å². The average Bonchev–Trinajstić information content (AvgIpc) is 2.84. The zero-order valence-electron chi connectivity index (χ0n) is 14.7. The van der Waals surface area contributed by atoms with Crippen LogP contribution in [-0.2, 0) is 0 Å². The van der Waals surface area contributed by atoms with Crippen molar-refractivity contribution in [3.8, 4) is 0 Å². The molecule has 2 aliphatic rings. The predicted molar refractivity (Wildman–Crippen MR) is 100 cm³/mol. The zero-order valence-corrected chi connectivity index (χ0v) is 14.7. The van der Waals surface area contributed by atoms with E-state index >= 15 is 0 Å². The summed E-state index contributed by atoms with van der Waals surface area (Å²) in [4.78, 5) is 2.51. The number of nitrogens with two attached hydrogens (primary N) is 1. The molecule has 1 fully saturated rings. The minimum atomic E-state index is 0.590. The van der Waals surface area contributed by atoms with Gasteiger partial charge in [-0.05, 0) is 31.2 Å². The lowest BCUT2D eigenvalue weighted by atomic mass is 9.80. The van der Waals surface area contributed by atoms with E-state index in [1.54, 1.807) is 6.20 Å². The number of nitrogens with one attached hydrogen (secondary N) is 2. The molecular formula is C20H30N4. The number of hydrogen-bond donors (Lipinski definition) is 3. The lowest BCUT2D eigenvalue weighted by molar-refractivity contribution is 0.318. The maximum absolute atomic E-state index is 5.79. The average molecular weight is 326 g/mol. The van der Waals surface area contributed by atoms with Crippen LogP contribution in [0.2, 0.25) is 0 Å². The van der Waals surface area contributed by atoms with Crippen molar-refractivity contribution in [3.63, 3.8) is 0 Å². The van der Waals surface area contributed by atoms with Gasteiger partial charge in [-0.15, -0.1) is 0 Å². The first-order chi connectivity index (χ1) is 11.8. The highest BCUT2D eigenvalue weighted by Gasteiger charge is 2.30. The van der Waals surface area contributed by atoms with Crippen LogP contribution in [0.15, 0.2) is 54.0 Å². The fourth-order valence-electron chi connectivity index (χ4n) is 3.95. The molecule has 0 bridgehead atoms. The summed E-state index contributed by atoms with van der Waals surface area (Å²) in [6.07, 6.45) is 6.54. The van der Waals surface area contributed by atoms with Crippen LogP contribution >= 0.6 is 0 Å². The van der Waals surface area contributed by atoms with Crippen molar-refractivity contribution in [1.82, 2.24) is 15.5 Å². The highest BCUT2D eigenvalue weighted by atomic mass is 15.2. The molecule has 2 unspecified atom stereocenters. The summed E-state index contributed by atoms with van der Waals surface area (Å²) in [5, 5.41) is 7.00. The van der Waals surface area contributed by atoms with E-state index in [1.807, 2.05) is 0 Å². The summed E-state index contributed by atoms with van der Waals surface area (Å²) < 4.78 is 0. The third-order valence-electron chi connectivity index (χ3n) is 5.15. The third-order valence-corrected chi connectivity index (χ3v) is 5.15. The fraction of sp³-hybridized carbons (Fsp3) is 0.500. The lowest BCUT2D eigenvalue weighted by Crippen LogP contribution is -2.35. The molecule has 1 aliphatic heterocycles. The van der Waals surface area contributed by atoms with Crippen LogP contribution in [0, 0.1) is 5.92 Å². The van der Waals surface area contributed by atoms with Crippen molar-refractivity contribution >= 4 is 0 Å². The second-order valence-corrected chi connectivity index (χ2v) is 6.75. The second-order valence-electron chi connectivity index (χ2n) is 6.75. The Bertz CT molecular complexity index is 579. The molecule has 1 saturated heterocycles. The molecule has 0 amide bonds. The fourth-order valence-corrected chi connectivity index (χ4v) is 3.95. The number of allylic oxidation sites excluding steroid dienone is 1. The Balaban J connectivity index is 1.75. The van der Waals surface area contributed by atoms with E-state index in [1.165, 1.54) is 17.7 Å². The lowest BCUT2D eigenvalue weighted by Gasteiger charge is -2.35. The first kappa shape index (κ1) is 16.9. The van der Waals surface area contributed by atoms with Crippen LogP contribution in [0.4, 0.5) is 0 Å². The Hall–Kier alpha value is -1.94. The standard InChI is InChI=1S/C20H30N4/c1-2-23-19(13-21)15-24-11-10-22-14-18-12-17(8-9-20(18)24)16-6-4-3-5-7-16/h3-7,9,13,17-18,22-23H,2,8,10-12,14-15,21H2,1H3/b19-13-. The first-order valence-corrected chi connectivity index (χ1v) is 9.17. The summed E-state index contributed by atoms with van der Waals surface area (Å²) in [5.74, 6) is 1.23. The zero-order chi connectivity index (χ0) is 16.8. The van der Waals surface area contributed by atoms with Crippen molar-refractivity contribution in [1.29, 1.82) is 0 Å².